The molecule has 0 saturated carbocycles. The van der Waals surface area contributed by atoms with Crippen molar-refractivity contribution in [3.05, 3.63) is 47.5 Å². The Kier molecular flexibility index (Phi) is 2.77. The molecule has 1 aromatic carbocycles. The van der Waals surface area contributed by atoms with Gasteiger partial charge < -0.3 is 10.2 Å². The average molecular weight is 287 g/mol. The molecule has 20 heavy (non-hydrogen) atoms. The molecule has 2 atom stereocenters. The van der Waals surface area contributed by atoms with E-state index in [4.69, 9.17) is 11.6 Å². The predicted octanol–water partition coefficient (Wildman–Crippen LogP) is 2.92. The molecule has 5 heteroatoms. The molecule has 0 unspecified atom stereocenters. The Balaban J connectivity index is 1.64. The summed E-state index contributed by atoms with van der Waals surface area (Å²) >= 11 is 6.15. The van der Waals surface area contributed by atoms with Crippen molar-refractivity contribution >= 4 is 23.0 Å². The van der Waals surface area contributed by atoms with E-state index in [0.717, 1.165) is 30.2 Å². The lowest BCUT2D eigenvalue weighted by molar-refractivity contribution is 0.483. The third-order valence-electron chi connectivity index (χ3n) is 4.28. The maximum atomic E-state index is 6.15. The second kappa shape index (κ2) is 4.63. The van der Waals surface area contributed by atoms with Gasteiger partial charge in [-0.1, -0.05) is 11.6 Å². The summed E-state index contributed by atoms with van der Waals surface area (Å²) in [5, 5.41) is 4.43. The van der Waals surface area contributed by atoms with Crippen LogP contribution in [0.3, 0.4) is 0 Å². The van der Waals surface area contributed by atoms with Crippen LogP contribution >= 0.6 is 11.6 Å². The SMILES string of the molecule is Clc1ccc2c(c1)[C@@H]1CN(c3cncnc3)CC[C@H]1N2. The minimum atomic E-state index is 0.484. The minimum absolute atomic E-state index is 0.484. The fraction of sp³-hybridized carbons (Fsp3) is 0.333. The van der Waals surface area contributed by atoms with E-state index in [0.29, 0.717) is 12.0 Å². The number of hydrogen-bond donors (Lipinski definition) is 1. The molecule has 2 aliphatic rings. The van der Waals surface area contributed by atoms with E-state index in [1.54, 1.807) is 6.33 Å². The zero-order valence-corrected chi connectivity index (χ0v) is 11.7. The van der Waals surface area contributed by atoms with Gasteiger partial charge in [0.15, 0.2) is 0 Å². The van der Waals surface area contributed by atoms with Crippen molar-refractivity contribution in [2.24, 2.45) is 0 Å². The highest BCUT2D eigenvalue weighted by Gasteiger charge is 2.36. The van der Waals surface area contributed by atoms with Crippen LogP contribution in [0.5, 0.6) is 0 Å². The fourth-order valence-electron chi connectivity index (χ4n) is 3.30. The molecule has 0 spiro atoms. The van der Waals surface area contributed by atoms with Gasteiger partial charge in [-0.05, 0) is 30.2 Å². The Hall–Kier alpha value is -1.81. The molecule has 3 heterocycles. The van der Waals surface area contributed by atoms with Crippen molar-refractivity contribution in [1.82, 2.24) is 9.97 Å². The number of nitrogens with zero attached hydrogens (tertiary/aromatic N) is 3. The van der Waals surface area contributed by atoms with Crippen molar-refractivity contribution in [2.75, 3.05) is 23.3 Å². The van der Waals surface area contributed by atoms with E-state index in [1.165, 1.54) is 11.3 Å². The van der Waals surface area contributed by atoms with Crippen molar-refractivity contribution < 1.29 is 0 Å². The average Bonchev–Trinajstić information content (AvgIpc) is 2.85. The Bertz CT molecular complexity index is 631. The van der Waals surface area contributed by atoms with Gasteiger partial charge in [0, 0.05) is 35.8 Å². The summed E-state index contributed by atoms with van der Waals surface area (Å²) in [6.45, 7) is 2.02. The number of rotatable bonds is 1. The van der Waals surface area contributed by atoms with Gasteiger partial charge in [-0.25, -0.2) is 9.97 Å². The first-order valence-electron chi connectivity index (χ1n) is 6.87. The lowest BCUT2D eigenvalue weighted by Crippen LogP contribution is -2.42. The first-order chi connectivity index (χ1) is 9.81. The van der Waals surface area contributed by atoms with Gasteiger partial charge in [0.2, 0.25) is 0 Å². The molecular weight excluding hydrogens is 272 g/mol. The Morgan fingerprint density at radius 2 is 2.10 bits per heavy atom. The number of aromatic nitrogens is 2. The molecule has 102 valence electrons. The Labute approximate surface area is 122 Å². The molecular formula is C15H15ClN4. The van der Waals surface area contributed by atoms with Crippen LogP contribution in [0, 0.1) is 0 Å². The standard InChI is InChI=1S/C15H15ClN4/c16-10-1-2-14-12(5-10)13-8-20(4-3-15(13)19-14)11-6-17-9-18-7-11/h1-2,5-7,9,13,15,19H,3-4,8H2/t13-,15+/m0/s1. The molecule has 2 aromatic rings. The molecule has 0 aliphatic carbocycles. The first-order valence-corrected chi connectivity index (χ1v) is 7.25. The molecule has 1 N–H and O–H groups in total. The van der Waals surface area contributed by atoms with Crippen LogP contribution in [0.4, 0.5) is 11.4 Å². The summed E-state index contributed by atoms with van der Waals surface area (Å²) in [7, 11) is 0. The number of anilines is 2. The molecule has 0 amide bonds. The van der Waals surface area contributed by atoms with Gasteiger partial charge >= 0.3 is 0 Å². The highest BCUT2D eigenvalue weighted by molar-refractivity contribution is 6.30. The van der Waals surface area contributed by atoms with Crippen LogP contribution in [0.25, 0.3) is 0 Å². The molecule has 1 fully saturated rings. The zero-order chi connectivity index (χ0) is 13.5. The predicted molar refractivity (Wildman–Crippen MR) is 80.5 cm³/mol. The Morgan fingerprint density at radius 1 is 1.25 bits per heavy atom. The fourth-order valence-corrected chi connectivity index (χ4v) is 3.48. The van der Waals surface area contributed by atoms with E-state index < -0.39 is 0 Å². The lowest BCUT2D eigenvalue weighted by Gasteiger charge is -2.36. The summed E-state index contributed by atoms with van der Waals surface area (Å²) < 4.78 is 0. The molecule has 0 radical (unpaired) electrons. The largest absolute Gasteiger partial charge is 0.381 e. The summed E-state index contributed by atoms with van der Waals surface area (Å²) in [5.41, 5.74) is 3.67. The monoisotopic (exact) mass is 286 g/mol. The summed E-state index contributed by atoms with van der Waals surface area (Å²) in [6, 6.07) is 6.66. The van der Waals surface area contributed by atoms with Gasteiger partial charge in [0.25, 0.3) is 0 Å². The molecule has 1 aromatic heterocycles. The van der Waals surface area contributed by atoms with Gasteiger partial charge in [-0.3, -0.25) is 0 Å². The van der Waals surface area contributed by atoms with Crippen LogP contribution in [0.1, 0.15) is 17.9 Å². The normalized spacial score (nSPS) is 23.9. The minimum Gasteiger partial charge on any atom is -0.381 e. The van der Waals surface area contributed by atoms with E-state index in [1.807, 2.05) is 18.5 Å². The smallest absolute Gasteiger partial charge is 0.115 e. The van der Waals surface area contributed by atoms with E-state index in [2.05, 4.69) is 32.3 Å². The molecule has 1 saturated heterocycles. The number of benzene rings is 1. The van der Waals surface area contributed by atoms with Crippen molar-refractivity contribution in [3.63, 3.8) is 0 Å². The van der Waals surface area contributed by atoms with Crippen LogP contribution in [-0.4, -0.2) is 29.1 Å². The Morgan fingerprint density at radius 3 is 2.95 bits per heavy atom. The molecule has 4 nitrogen and oxygen atoms in total. The molecule has 4 rings (SSSR count). The zero-order valence-electron chi connectivity index (χ0n) is 11.0. The van der Waals surface area contributed by atoms with Gasteiger partial charge in [0.05, 0.1) is 18.1 Å². The maximum Gasteiger partial charge on any atom is 0.115 e. The number of hydrogen-bond acceptors (Lipinski definition) is 4. The summed E-state index contributed by atoms with van der Waals surface area (Å²) in [5.74, 6) is 0.484. The van der Waals surface area contributed by atoms with Crippen LogP contribution in [-0.2, 0) is 0 Å². The topological polar surface area (TPSA) is 41.1 Å². The molecule has 0 bridgehead atoms. The number of piperidine rings is 1. The van der Waals surface area contributed by atoms with Gasteiger partial charge in [-0.15, -0.1) is 0 Å². The highest BCUT2D eigenvalue weighted by Crippen LogP contribution is 2.41. The summed E-state index contributed by atoms with van der Waals surface area (Å²) in [6.07, 6.45) is 6.46. The van der Waals surface area contributed by atoms with Crippen LogP contribution in [0.15, 0.2) is 36.9 Å². The van der Waals surface area contributed by atoms with Gasteiger partial charge in [0.1, 0.15) is 6.33 Å². The second-order valence-electron chi connectivity index (χ2n) is 5.42. The van der Waals surface area contributed by atoms with Crippen molar-refractivity contribution in [2.45, 2.75) is 18.4 Å². The third-order valence-corrected chi connectivity index (χ3v) is 4.51. The van der Waals surface area contributed by atoms with E-state index in [-0.39, 0.29) is 0 Å². The third kappa shape index (κ3) is 1.91. The van der Waals surface area contributed by atoms with Crippen molar-refractivity contribution in [1.29, 1.82) is 0 Å². The van der Waals surface area contributed by atoms with Crippen LogP contribution < -0.4 is 10.2 Å². The maximum absolute atomic E-state index is 6.15. The second-order valence-corrected chi connectivity index (χ2v) is 5.86. The number of fused-ring (bicyclic) bond motifs is 3. The van der Waals surface area contributed by atoms with Crippen LogP contribution in [0.2, 0.25) is 5.02 Å². The number of nitrogens with one attached hydrogen (secondary N) is 1. The molecule has 2 aliphatic heterocycles. The number of halogens is 1. The quantitative estimate of drug-likeness (QED) is 0.875. The first kappa shape index (κ1) is 12.0. The summed E-state index contributed by atoms with van der Waals surface area (Å²) in [4.78, 5) is 10.6. The van der Waals surface area contributed by atoms with Gasteiger partial charge in [-0.2, -0.15) is 0 Å². The van der Waals surface area contributed by atoms with E-state index in [9.17, 15) is 0 Å². The highest BCUT2D eigenvalue weighted by atomic mass is 35.5. The van der Waals surface area contributed by atoms with E-state index >= 15 is 0 Å². The lowest BCUT2D eigenvalue weighted by atomic mass is 9.89. The van der Waals surface area contributed by atoms with Crippen molar-refractivity contribution in [3.8, 4) is 0 Å².